The summed E-state index contributed by atoms with van der Waals surface area (Å²) in [4.78, 5) is 26.4. The first kappa shape index (κ1) is 24.0. The van der Waals surface area contributed by atoms with Crippen LogP contribution in [0.2, 0.25) is 0 Å². The van der Waals surface area contributed by atoms with E-state index in [9.17, 15) is 9.59 Å². The van der Waals surface area contributed by atoms with E-state index in [0.29, 0.717) is 25.9 Å². The van der Waals surface area contributed by atoms with Crippen LogP contribution < -0.4 is 21.1 Å². The monoisotopic (exact) mass is 445 g/mol. The standard InChI is InChI=1S/C27H31N3O3/c1-33-23-16-14-20(15-17-23)19-29-26(31)24(13-8-18-28)30-27(32)25(21-9-4-2-5-10-21)22-11-6-3-7-12-22/h2-7,9-12,14-17,24-25H,8,13,18-19,28H2,1H3,(H,29,31)(H,30,32)/t24-/m1/s1. The minimum atomic E-state index is -0.672. The molecule has 172 valence electrons. The topological polar surface area (TPSA) is 93.4 Å². The third-order valence-electron chi connectivity index (χ3n) is 5.48. The van der Waals surface area contributed by atoms with Crippen molar-refractivity contribution in [3.63, 3.8) is 0 Å². The molecule has 0 aromatic heterocycles. The van der Waals surface area contributed by atoms with Gasteiger partial charge in [-0.05, 0) is 48.2 Å². The van der Waals surface area contributed by atoms with Gasteiger partial charge in [-0.15, -0.1) is 0 Å². The number of ether oxygens (including phenoxy) is 1. The van der Waals surface area contributed by atoms with E-state index in [0.717, 1.165) is 22.4 Å². The first-order valence-corrected chi connectivity index (χ1v) is 11.1. The van der Waals surface area contributed by atoms with Gasteiger partial charge in [0.25, 0.3) is 0 Å². The van der Waals surface area contributed by atoms with Gasteiger partial charge in [-0.1, -0.05) is 72.8 Å². The van der Waals surface area contributed by atoms with Gasteiger partial charge in [-0.3, -0.25) is 9.59 Å². The molecule has 33 heavy (non-hydrogen) atoms. The highest BCUT2D eigenvalue weighted by molar-refractivity contribution is 5.92. The summed E-state index contributed by atoms with van der Waals surface area (Å²) in [5.74, 6) is -0.199. The number of rotatable bonds is 11. The van der Waals surface area contributed by atoms with E-state index in [1.165, 1.54) is 0 Å². The van der Waals surface area contributed by atoms with Gasteiger partial charge < -0.3 is 21.1 Å². The Morgan fingerprint density at radius 3 is 1.94 bits per heavy atom. The maximum Gasteiger partial charge on any atom is 0.242 e. The van der Waals surface area contributed by atoms with Gasteiger partial charge in [-0.25, -0.2) is 0 Å². The first-order valence-electron chi connectivity index (χ1n) is 11.1. The molecule has 0 aliphatic rings. The lowest BCUT2D eigenvalue weighted by atomic mass is 9.90. The highest BCUT2D eigenvalue weighted by atomic mass is 16.5. The number of hydrogen-bond acceptors (Lipinski definition) is 4. The molecule has 0 unspecified atom stereocenters. The Morgan fingerprint density at radius 2 is 1.42 bits per heavy atom. The molecule has 4 N–H and O–H groups in total. The van der Waals surface area contributed by atoms with Crippen molar-refractivity contribution in [3.8, 4) is 5.75 Å². The normalized spacial score (nSPS) is 11.6. The maximum atomic E-state index is 13.4. The van der Waals surface area contributed by atoms with Gasteiger partial charge in [0.2, 0.25) is 11.8 Å². The summed E-state index contributed by atoms with van der Waals surface area (Å²) in [6, 6.07) is 26.0. The molecule has 3 aromatic carbocycles. The Kier molecular flexibility index (Phi) is 9.03. The predicted molar refractivity (Wildman–Crippen MR) is 130 cm³/mol. The molecule has 0 aliphatic heterocycles. The molecular weight excluding hydrogens is 414 g/mol. The quantitative estimate of drug-likeness (QED) is 0.422. The van der Waals surface area contributed by atoms with Gasteiger partial charge in [-0.2, -0.15) is 0 Å². The fraction of sp³-hybridized carbons (Fsp3) is 0.259. The second-order valence-corrected chi connectivity index (χ2v) is 7.81. The Hall–Kier alpha value is -3.64. The molecule has 6 nitrogen and oxygen atoms in total. The van der Waals surface area contributed by atoms with Crippen molar-refractivity contribution in [2.24, 2.45) is 5.73 Å². The van der Waals surface area contributed by atoms with Crippen molar-refractivity contribution in [3.05, 3.63) is 102 Å². The number of amides is 2. The van der Waals surface area contributed by atoms with Crippen LogP contribution in [0.1, 0.15) is 35.4 Å². The summed E-state index contributed by atoms with van der Waals surface area (Å²) in [5, 5.41) is 5.91. The third-order valence-corrected chi connectivity index (χ3v) is 5.48. The summed E-state index contributed by atoms with van der Waals surface area (Å²) in [7, 11) is 1.61. The average Bonchev–Trinajstić information content (AvgIpc) is 2.87. The van der Waals surface area contributed by atoms with Crippen molar-refractivity contribution in [2.75, 3.05) is 13.7 Å². The SMILES string of the molecule is COc1ccc(CNC(=O)[C@@H](CCCN)NC(=O)C(c2ccccc2)c2ccccc2)cc1. The minimum Gasteiger partial charge on any atom is -0.497 e. The molecule has 0 heterocycles. The average molecular weight is 446 g/mol. The lowest BCUT2D eigenvalue weighted by molar-refractivity contribution is -0.129. The van der Waals surface area contributed by atoms with Gasteiger partial charge in [0, 0.05) is 6.54 Å². The third kappa shape index (κ3) is 6.92. The largest absolute Gasteiger partial charge is 0.497 e. The zero-order chi connectivity index (χ0) is 23.5. The van der Waals surface area contributed by atoms with E-state index in [1.807, 2.05) is 84.9 Å². The number of methoxy groups -OCH3 is 1. The van der Waals surface area contributed by atoms with Crippen LogP contribution in [-0.4, -0.2) is 31.5 Å². The number of nitrogens with one attached hydrogen (secondary N) is 2. The van der Waals surface area contributed by atoms with Crippen molar-refractivity contribution in [1.82, 2.24) is 10.6 Å². The summed E-state index contributed by atoms with van der Waals surface area (Å²) >= 11 is 0. The minimum absolute atomic E-state index is 0.214. The molecule has 0 aliphatic carbocycles. The molecular formula is C27H31N3O3. The van der Waals surface area contributed by atoms with Crippen LogP contribution in [0.4, 0.5) is 0 Å². The molecule has 0 bridgehead atoms. The van der Waals surface area contributed by atoms with Crippen LogP contribution in [0.5, 0.6) is 5.75 Å². The van der Waals surface area contributed by atoms with Crippen LogP contribution in [0.3, 0.4) is 0 Å². The molecule has 0 saturated carbocycles. The number of nitrogens with two attached hydrogens (primary N) is 1. The lowest BCUT2D eigenvalue weighted by Gasteiger charge is -2.23. The maximum absolute atomic E-state index is 13.4. The van der Waals surface area contributed by atoms with E-state index < -0.39 is 12.0 Å². The molecule has 0 spiro atoms. The van der Waals surface area contributed by atoms with Crippen LogP contribution in [0.15, 0.2) is 84.9 Å². The Bertz CT molecular complexity index is 968. The highest BCUT2D eigenvalue weighted by Crippen LogP contribution is 2.25. The van der Waals surface area contributed by atoms with Crippen molar-refractivity contribution >= 4 is 11.8 Å². The Labute approximate surface area is 195 Å². The number of hydrogen-bond donors (Lipinski definition) is 3. The van der Waals surface area contributed by atoms with E-state index in [4.69, 9.17) is 10.5 Å². The summed E-state index contributed by atoms with van der Waals surface area (Å²) in [6.45, 7) is 0.803. The van der Waals surface area contributed by atoms with Crippen LogP contribution in [0, 0.1) is 0 Å². The van der Waals surface area contributed by atoms with E-state index in [1.54, 1.807) is 7.11 Å². The van der Waals surface area contributed by atoms with E-state index in [2.05, 4.69) is 10.6 Å². The van der Waals surface area contributed by atoms with Gasteiger partial charge in [0.05, 0.1) is 13.0 Å². The van der Waals surface area contributed by atoms with Crippen molar-refractivity contribution in [1.29, 1.82) is 0 Å². The summed E-state index contributed by atoms with van der Waals surface area (Å²) in [5.41, 5.74) is 8.37. The molecule has 0 fully saturated rings. The molecule has 2 amide bonds. The van der Waals surface area contributed by atoms with Crippen molar-refractivity contribution in [2.45, 2.75) is 31.3 Å². The lowest BCUT2D eigenvalue weighted by Crippen LogP contribution is -2.48. The predicted octanol–water partition coefficient (Wildman–Crippen LogP) is 3.37. The van der Waals surface area contributed by atoms with Gasteiger partial charge >= 0.3 is 0 Å². The number of benzene rings is 3. The highest BCUT2D eigenvalue weighted by Gasteiger charge is 2.27. The van der Waals surface area contributed by atoms with Crippen LogP contribution in [-0.2, 0) is 16.1 Å². The molecule has 0 saturated heterocycles. The van der Waals surface area contributed by atoms with E-state index >= 15 is 0 Å². The first-order chi connectivity index (χ1) is 16.1. The fourth-order valence-corrected chi connectivity index (χ4v) is 3.69. The smallest absolute Gasteiger partial charge is 0.242 e. The molecule has 1 atom stereocenters. The summed E-state index contributed by atoms with van der Waals surface area (Å²) in [6.07, 6.45) is 1.09. The Morgan fingerprint density at radius 1 is 0.848 bits per heavy atom. The second kappa shape index (κ2) is 12.4. The summed E-state index contributed by atoms with van der Waals surface area (Å²) < 4.78 is 5.17. The molecule has 0 radical (unpaired) electrons. The Balaban J connectivity index is 1.73. The van der Waals surface area contributed by atoms with Crippen LogP contribution in [0.25, 0.3) is 0 Å². The van der Waals surface area contributed by atoms with E-state index in [-0.39, 0.29) is 11.8 Å². The molecule has 3 rings (SSSR count). The molecule has 3 aromatic rings. The molecule has 6 heteroatoms. The number of carbonyl (C=O) groups excluding carboxylic acids is 2. The van der Waals surface area contributed by atoms with Gasteiger partial charge in [0.1, 0.15) is 11.8 Å². The zero-order valence-electron chi connectivity index (χ0n) is 18.9. The second-order valence-electron chi connectivity index (χ2n) is 7.81. The van der Waals surface area contributed by atoms with Crippen LogP contribution >= 0.6 is 0 Å². The zero-order valence-corrected chi connectivity index (χ0v) is 18.9. The number of carbonyl (C=O) groups is 2. The fourth-order valence-electron chi connectivity index (χ4n) is 3.69. The van der Waals surface area contributed by atoms with Gasteiger partial charge in [0.15, 0.2) is 0 Å². The van der Waals surface area contributed by atoms with Crippen molar-refractivity contribution < 1.29 is 14.3 Å².